The molecule has 5 nitrogen and oxygen atoms in total. The van der Waals surface area contributed by atoms with E-state index in [9.17, 15) is 9.59 Å². The van der Waals surface area contributed by atoms with Crippen molar-refractivity contribution < 1.29 is 9.59 Å². The first-order valence-corrected chi connectivity index (χ1v) is 7.64. The number of carbonyl (C=O) groups excluding carboxylic acids is 2. The summed E-state index contributed by atoms with van der Waals surface area (Å²) in [7, 11) is 0. The summed E-state index contributed by atoms with van der Waals surface area (Å²) in [6.45, 7) is 7.72. The van der Waals surface area contributed by atoms with Gasteiger partial charge in [-0.15, -0.1) is 0 Å². The third kappa shape index (κ3) is 3.51. The minimum absolute atomic E-state index is 0.0273. The average Bonchev–Trinajstić information content (AvgIpc) is 3.01. The van der Waals surface area contributed by atoms with Gasteiger partial charge in [0.15, 0.2) is 0 Å². The molecule has 1 heterocycles. The zero-order valence-corrected chi connectivity index (χ0v) is 12.8. The SMILES string of the molecule is CC(C)(C)[C@H](NCC1CC1)C(=O)N1CCC[C@H]1C(N)=O. The molecule has 1 saturated heterocycles. The first kappa shape index (κ1) is 15.3. The minimum atomic E-state index is -0.421. The Labute approximate surface area is 121 Å². The molecule has 2 fully saturated rings. The van der Waals surface area contributed by atoms with E-state index in [1.165, 1.54) is 12.8 Å². The lowest BCUT2D eigenvalue weighted by Gasteiger charge is -2.35. The molecule has 0 unspecified atom stereocenters. The Balaban J connectivity index is 2.06. The van der Waals surface area contributed by atoms with Crippen LogP contribution >= 0.6 is 0 Å². The van der Waals surface area contributed by atoms with Crippen molar-refractivity contribution in [3.05, 3.63) is 0 Å². The van der Waals surface area contributed by atoms with E-state index in [-0.39, 0.29) is 23.3 Å². The number of nitrogens with two attached hydrogens (primary N) is 1. The molecule has 5 heteroatoms. The van der Waals surface area contributed by atoms with Crippen molar-refractivity contribution in [2.45, 2.75) is 58.5 Å². The van der Waals surface area contributed by atoms with Gasteiger partial charge >= 0.3 is 0 Å². The normalized spacial score (nSPS) is 24.8. The maximum Gasteiger partial charge on any atom is 0.240 e. The van der Waals surface area contributed by atoms with E-state index >= 15 is 0 Å². The Morgan fingerprint density at radius 2 is 1.95 bits per heavy atom. The highest BCUT2D eigenvalue weighted by Crippen LogP contribution is 2.30. The Morgan fingerprint density at radius 1 is 1.30 bits per heavy atom. The topological polar surface area (TPSA) is 75.4 Å². The molecule has 2 rings (SSSR count). The van der Waals surface area contributed by atoms with Crippen LogP contribution in [0.25, 0.3) is 0 Å². The van der Waals surface area contributed by atoms with E-state index in [0.717, 1.165) is 18.9 Å². The van der Waals surface area contributed by atoms with Crippen LogP contribution in [0.2, 0.25) is 0 Å². The van der Waals surface area contributed by atoms with Crippen molar-refractivity contribution in [2.24, 2.45) is 17.1 Å². The summed E-state index contributed by atoms with van der Waals surface area (Å²) >= 11 is 0. The molecule has 0 aromatic carbocycles. The number of amides is 2. The second kappa shape index (κ2) is 5.72. The molecule has 1 aliphatic heterocycles. The van der Waals surface area contributed by atoms with Crippen molar-refractivity contribution in [3.8, 4) is 0 Å². The van der Waals surface area contributed by atoms with Crippen LogP contribution in [-0.2, 0) is 9.59 Å². The third-order valence-electron chi connectivity index (χ3n) is 4.28. The van der Waals surface area contributed by atoms with Gasteiger partial charge in [0.25, 0.3) is 0 Å². The molecule has 2 amide bonds. The predicted octanol–water partition coefficient (Wildman–Crippen LogP) is 0.877. The van der Waals surface area contributed by atoms with E-state index in [1.54, 1.807) is 4.90 Å². The highest BCUT2D eigenvalue weighted by atomic mass is 16.2. The average molecular weight is 281 g/mol. The van der Waals surface area contributed by atoms with E-state index in [2.05, 4.69) is 26.1 Å². The number of nitrogens with zero attached hydrogens (tertiary/aromatic N) is 1. The first-order valence-electron chi connectivity index (χ1n) is 7.64. The summed E-state index contributed by atoms with van der Waals surface area (Å²) in [5, 5.41) is 3.41. The molecule has 0 aromatic heterocycles. The van der Waals surface area contributed by atoms with Crippen molar-refractivity contribution in [3.63, 3.8) is 0 Å². The number of nitrogens with one attached hydrogen (secondary N) is 1. The van der Waals surface area contributed by atoms with Gasteiger partial charge in [0, 0.05) is 6.54 Å². The van der Waals surface area contributed by atoms with E-state index in [0.29, 0.717) is 13.0 Å². The molecule has 0 spiro atoms. The number of hydrogen-bond donors (Lipinski definition) is 2. The third-order valence-corrected chi connectivity index (χ3v) is 4.28. The van der Waals surface area contributed by atoms with Crippen LogP contribution in [0.3, 0.4) is 0 Å². The van der Waals surface area contributed by atoms with Crippen molar-refractivity contribution in [1.29, 1.82) is 0 Å². The summed E-state index contributed by atoms with van der Waals surface area (Å²) in [6.07, 6.45) is 4.07. The van der Waals surface area contributed by atoms with Gasteiger partial charge in [-0.05, 0) is 43.6 Å². The Morgan fingerprint density at radius 3 is 2.45 bits per heavy atom. The molecular weight excluding hydrogens is 254 g/mol. The van der Waals surface area contributed by atoms with Crippen molar-refractivity contribution in [1.82, 2.24) is 10.2 Å². The smallest absolute Gasteiger partial charge is 0.240 e. The fraction of sp³-hybridized carbons (Fsp3) is 0.867. The highest BCUT2D eigenvalue weighted by molar-refractivity contribution is 5.90. The van der Waals surface area contributed by atoms with Crippen LogP contribution in [0.15, 0.2) is 0 Å². The largest absolute Gasteiger partial charge is 0.368 e. The quantitative estimate of drug-likeness (QED) is 0.785. The molecule has 0 radical (unpaired) electrons. The highest BCUT2D eigenvalue weighted by Gasteiger charge is 2.40. The van der Waals surface area contributed by atoms with Gasteiger partial charge in [0.1, 0.15) is 6.04 Å². The Bertz CT molecular complexity index is 385. The molecule has 20 heavy (non-hydrogen) atoms. The molecule has 2 aliphatic rings. The Kier molecular flexibility index (Phi) is 4.37. The molecule has 3 N–H and O–H groups in total. The van der Waals surface area contributed by atoms with Gasteiger partial charge in [-0.1, -0.05) is 20.8 Å². The number of likely N-dealkylation sites (tertiary alicyclic amines) is 1. The molecule has 114 valence electrons. The van der Waals surface area contributed by atoms with Crippen LogP contribution in [0.5, 0.6) is 0 Å². The van der Waals surface area contributed by atoms with Crippen LogP contribution in [-0.4, -0.2) is 41.9 Å². The van der Waals surface area contributed by atoms with Crippen LogP contribution in [0.4, 0.5) is 0 Å². The second-order valence-electron chi connectivity index (χ2n) is 7.24. The van der Waals surface area contributed by atoms with Gasteiger partial charge < -0.3 is 16.0 Å². The van der Waals surface area contributed by atoms with Crippen LogP contribution < -0.4 is 11.1 Å². The summed E-state index contributed by atoms with van der Waals surface area (Å²) in [5.41, 5.74) is 5.24. The molecule has 1 aliphatic carbocycles. The summed E-state index contributed by atoms with van der Waals surface area (Å²) < 4.78 is 0. The lowest BCUT2D eigenvalue weighted by Crippen LogP contribution is -2.56. The Hall–Kier alpha value is -1.10. The van der Waals surface area contributed by atoms with Crippen molar-refractivity contribution in [2.75, 3.05) is 13.1 Å². The van der Waals surface area contributed by atoms with Gasteiger partial charge in [-0.2, -0.15) is 0 Å². The van der Waals surface area contributed by atoms with Gasteiger partial charge in [0.2, 0.25) is 11.8 Å². The van der Waals surface area contributed by atoms with Gasteiger partial charge in [0.05, 0.1) is 6.04 Å². The standard InChI is InChI=1S/C15H27N3O2/c1-15(2,3)12(17-9-10-6-7-10)14(20)18-8-4-5-11(18)13(16)19/h10-12,17H,4-9H2,1-3H3,(H2,16,19)/t11-,12+/m0/s1. The van der Waals surface area contributed by atoms with E-state index in [4.69, 9.17) is 5.73 Å². The fourth-order valence-electron chi connectivity index (χ4n) is 2.86. The second-order valence-corrected chi connectivity index (χ2v) is 7.24. The van der Waals surface area contributed by atoms with Crippen LogP contribution in [0, 0.1) is 11.3 Å². The maximum absolute atomic E-state index is 12.8. The first-order chi connectivity index (χ1) is 9.30. The van der Waals surface area contributed by atoms with Gasteiger partial charge in [-0.25, -0.2) is 0 Å². The zero-order chi connectivity index (χ0) is 14.9. The predicted molar refractivity (Wildman–Crippen MR) is 77.9 cm³/mol. The number of rotatable bonds is 5. The summed E-state index contributed by atoms with van der Waals surface area (Å²) in [6, 6.07) is -0.668. The van der Waals surface area contributed by atoms with E-state index in [1.807, 2.05) is 0 Å². The number of carbonyl (C=O) groups is 2. The van der Waals surface area contributed by atoms with E-state index < -0.39 is 6.04 Å². The maximum atomic E-state index is 12.8. The van der Waals surface area contributed by atoms with Crippen molar-refractivity contribution >= 4 is 11.8 Å². The molecule has 0 aromatic rings. The summed E-state index contributed by atoms with van der Waals surface area (Å²) in [4.78, 5) is 25.9. The molecule has 0 bridgehead atoms. The summed E-state index contributed by atoms with van der Waals surface area (Å²) in [5.74, 6) is 0.364. The van der Waals surface area contributed by atoms with Crippen LogP contribution in [0.1, 0.15) is 46.5 Å². The fourth-order valence-corrected chi connectivity index (χ4v) is 2.86. The monoisotopic (exact) mass is 281 g/mol. The zero-order valence-electron chi connectivity index (χ0n) is 12.8. The van der Waals surface area contributed by atoms with Gasteiger partial charge in [-0.3, -0.25) is 9.59 Å². The molecule has 2 atom stereocenters. The number of primary amides is 1. The minimum Gasteiger partial charge on any atom is -0.368 e. The molecular formula is C15H27N3O2. The lowest BCUT2D eigenvalue weighted by atomic mass is 9.85. The molecule has 1 saturated carbocycles. The number of hydrogen-bond acceptors (Lipinski definition) is 3. The lowest BCUT2D eigenvalue weighted by molar-refractivity contribution is -0.141.